The second-order valence-corrected chi connectivity index (χ2v) is 21.7. The van der Waals surface area contributed by atoms with Crippen molar-refractivity contribution in [3.8, 4) is 5.88 Å². The summed E-state index contributed by atoms with van der Waals surface area (Å²) in [5, 5.41) is 1.02. The Balaban J connectivity index is 2.64. The molecule has 0 atom stereocenters. The average Bonchev–Trinajstić information content (AvgIpc) is 2.74. The maximum atomic E-state index is 12.5. The molecule has 22 heavy (non-hydrogen) atoms. The van der Waals surface area contributed by atoms with Crippen molar-refractivity contribution < 1.29 is 14.3 Å². The molecule has 2 heterocycles. The van der Waals surface area contributed by atoms with E-state index in [9.17, 15) is 4.79 Å². The summed E-state index contributed by atoms with van der Waals surface area (Å²) >= 11 is -2.39. The van der Waals surface area contributed by atoms with E-state index in [1.807, 2.05) is 39.1 Å². The minimum atomic E-state index is -2.39. The fourth-order valence-electron chi connectivity index (χ4n) is 2.25. The summed E-state index contributed by atoms with van der Waals surface area (Å²) in [5.41, 5.74) is 0.0628. The van der Waals surface area contributed by atoms with Gasteiger partial charge in [-0.15, -0.1) is 0 Å². The maximum absolute atomic E-state index is 12.5. The van der Waals surface area contributed by atoms with E-state index in [0.29, 0.717) is 11.5 Å². The molecule has 0 aliphatic heterocycles. The summed E-state index contributed by atoms with van der Waals surface area (Å²) in [7, 11) is 1.57. The van der Waals surface area contributed by atoms with Gasteiger partial charge in [0.05, 0.1) is 0 Å². The molecule has 0 spiro atoms. The van der Waals surface area contributed by atoms with Crippen molar-refractivity contribution in [2.75, 3.05) is 7.11 Å². The van der Waals surface area contributed by atoms with Crippen molar-refractivity contribution in [3.05, 3.63) is 18.3 Å². The first kappa shape index (κ1) is 17.1. The number of hydrogen-bond acceptors (Lipinski definition) is 4. The summed E-state index contributed by atoms with van der Waals surface area (Å²) in [6.45, 7) is 5.57. The van der Waals surface area contributed by atoms with Crippen LogP contribution in [0.15, 0.2) is 18.3 Å². The fourth-order valence-corrected chi connectivity index (χ4v) is 6.58. The number of carbonyl (C=O) groups excluding carboxylic acids is 1. The second kappa shape index (κ2) is 5.75. The van der Waals surface area contributed by atoms with E-state index in [4.69, 9.17) is 9.47 Å². The molecule has 0 aromatic carbocycles. The number of ether oxygens (including phenoxy) is 2. The Hall–Kier alpha value is -1.24. The van der Waals surface area contributed by atoms with Crippen molar-refractivity contribution in [1.82, 2.24) is 9.55 Å². The topological polar surface area (TPSA) is 53.4 Å². The summed E-state index contributed by atoms with van der Waals surface area (Å²) in [4.78, 5) is 23.9. The summed E-state index contributed by atoms with van der Waals surface area (Å²) in [6.07, 6.45) is 1.50. The van der Waals surface area contributed by atoms with E-state index in [2.05, 4.69) is 19.8 Å². The van der Waals surface area contributed by atoms with Crippen molar-refractivity contribution in [1.29, 1.82) is 0 Å². The van der Waals surface area contributed by atoms with E-state index in [0.717, 1.165) is 5.39 Å². The summed E-state index contributed by atoms with van der Waals surface area (Å²) < 4.78 is 13.5. The molecule has 2 aromatic rings. The zero-order valence-corrected chi connectivity index (χ0v) is 17.2. The zero-order chi connectivity index (χ0) is 16.7. The van der Waals surface area contributed by atoms with E-state index in [1.165, 1.54) is 8.15 Å². The van der Waals surface area contributed by atoms with Crippen LogP contribution in [0, 0.1) is 0 Å². The monoisotopic (exact) mass is 412 g/mol. The Morgan fingerprint density at radius 2 is 1.86 bits per heavy atom. The van der Waals surface area contributed by atoms with E-state index in [-0.39, 0.29) is 0 Å². The predicted octanol–water partition coefficient (Wildman–Crippen LogP) is 3.37. The Morgan fingerprint density at radius 3 is 2.36 bits per heavy atom. The van der Waals surface area contributed by atoms with Gasteiger partial charge in [-0.2, -0.15) is 0 Å². The first-order valence-corrected chi connectivity index (χ1v) is 17.3. The van der Waals surface area contributed by atoms with E-state index < -0.39 is 30.1 Å². The third-order valence-electron chi connectivity index (χ3n) is 3.23. The van der Waals surface area contributed by atoms with Crippen LogP contribution in [0.4, 0.5) is 4.79 Å². The van der Waals surface area contributed by atoms with Crippen molar-refractivity contribution in [3.63, 3.8) is 0 Å². The van der Waals surface area contributed by atoms with Crippen LogP contribution >= 0.6 is 0 Å². The number of carbonyl (C=O) groups is 1. The molecule has 2 rings (SSSR count). The molecule has 0 fully saturated rings. The van der Waals surface area contributed by atoms with Crippen molar-refractivity contribution in [2.24, 2.45) is 0 Å². The minimum absolute atomic E-state index is 0.403. The molecular formula is C16H24N2O3Sn. The van der Waals surface area contributed by atoms with Gasteiger partial charge in [-0.1, -0.05) is 0 Å². The number of rotatable bonds is 2. The van der Waals surface area contributed by atoms with Gasteiger partial charge in [0.25, 0.3) is 0 Å². The number of nitrogens with zero attached hydrogens (tertiary/aromatic N) is 2. The van der Waals surface area contributed by atoms with Crippen LogP contribution in [0.3, 0.4) is 0 Å². The predicted molar refractivity (Wildman–Crippen MR) is 90.9 cm³/mol. The zero-order valence-electron chi connectivity index (χ0n) is 14.4. The molecule has 0 unspecified atom stereocenters. The quantitative estimate of drug-likeness (QED) is 0.712. The van der Waals surface area contributed by atoms with Crippen LogP contribution in [0.25, 0.3) is 11.0 Å². The van der Waals surface area contributed by atoms with Crippen LogP contribution in [-0.4, -0.2) is 46.7 Å². The normalized spacial score (nSPS) is 12.5. The van der Waals surface area contributed by atoms with Gasteiger partial charge in [-0.3, -0.25) is 0 Å². The van der Waals surface area contributed by atoms with Gasteiger partial charge in [-0.05, 0) is 0 Å². The standard InChI is InChI=1S/C13H15N2O3.3CH3.Sn/c1-13(2,3)18-12(16)15-8-7-9-5-6-10(17-4)14-11(9)15;;;;/h5-6,8H,1-4H3;3*1H3;. The molecule has 6 heteroatoms. The van der Waals surface area contributed by atoms with E-state index >= 15 is 0 Å². The molecule has 0 N–H and O–H groups in total. The van der Waals surface area contributed by atoms with Crippen LogP contribution in [0.1, 0.15) is 20.8 Å². The van der Waals surface area contributed by atoms with Gasteiger partial charge < -0.3 is 0 Å². The third kappa shape index (κ3) is 3.56. The molecule has 0 saturated heterocycles. The first-order valence-electron chi connectivity index (χ1n) is 7.33. The second-order valence-electron chi connectivity index (χ2n) is 7.37. The molecule has 5 nitrogen and oxygen atoms in total. The van der Waals surface area contributed by atoms with Crippen molar-refractivity contribution >= 4 is 39.1 Å². The van der Waals surface area contributed by atoms with Crippen LogP contribution < -0.4 is 8.32 Å². The Bertz CT molecular complexity index is 708. The molecule has 0 aliphatic rings. The van der Waals surface area contributed by atoms with Gasteiger partial charge in [0, 0.05) is 0 Å². The molecule has 2 aromatic heterocycles. The van der Waals surface area contributed by atoms with Gasteiger partial charge >= 0.3 is 135 Å². The number of pyridine rings is 1. The Kier molecular flexibility index (Phi) is 4.48. The molecule has 0 bridgehead atoms. The summed E-state index contributed by atoms with van der Waals surface area (Å²) in [5.74, 6) is 0.492. The van der Waals surface area contributed by atoms with Gasteiger partial charge in [-0.25, -0.2) is 0 Å². The number of aromatic nitrogens is 2. The van der Waals surface area contributed by atoms with Crippen LogP contribution in [0.5, 0.6) is 5.88 Å². The van der Waals surface area contributed by atoms with Crippen LogP contribution in [-0.2, 0) is 4.74 Å². The van der Waals surface area contributed by atoms with Crippen LogP contribution in [0.2, 0.25) is 14.8 Å². The third-order valence-corrected chi connectivity index (χ3v) is 8.98. The number of methoxy groups -OCH3 is 1. The first-order chi connectivity index (χ1) is 10.0. The molecule has 0 radical (unpaired) electrons. The molecule has 0 saturated carbocycles. The molecular weight excluding hydrogens is 387 g/mol. The Labute approximate surface area is 135 Å². The fraction of sp³-hybridized carbons (Fsp3) is 0.500. The van der Waals surface area contributed by atoms with Gasteiger partial charge in [0.2, 0.25) is 0 Å². The average molecular weight is 411 g/mol. The molecule has 0 aliphatic carbocycles. The molecule has 0 amide bonds. The Morgan fingerprint density at radius 1 is 1.23 bits per heavy atom. The molecule has 120 valence electrons. The van der Waals surface area contributed by atoms with Gasteiger partial charge in [0.15, 0.2) is 0 Å². The number of hydrogen-bond donors (Lipinski definition) is 0. The number of fused-ring (bicyclic) bond motifs is 1. The van der Waals surface area contributed by atoms with Crippen molar-refractivity contribution in [2.45, 2.75) is 41.2 Å². The van der Waals surface area contributed by atoms with E-state index in [1.54, 1.807) is 7.11 Å². The van der Waals surface area contributed by atoms with Gasteiger partial charge in [0.1, 0.15) is 0 Å². The SMILES string of the molecule is COc1ccc2[c]([Sn]([CH3])([CH3])[CH3])cn(C(=O)OC(C)(C)C)c2n1. The summed E-state index contributed by atoms with van der Waals surface area (Å²) in [6, 6.07) is 3.82.